The van der Waals surface area contributed by atoms with Crippen molar-refractivity contribution in [3.05, 3.63) is 23.4 Å². The van der Waals surface area contributed by atoms with Gasteiger partial charge in [0.05, 0.1) is 0 Å². The third-order valence-electron chi connectivity index (χ3n) is 5.51. The smallest absolute Gasteiger partial charge is 0.320 e. The lowest BCUT2D eigenvalue weighted by Crippen LogP contribution is -2.37. The van der Waals surface area contributed by atoms with Gasteiger partial charge in [0, 0.05) is 24.2 Å². The number of unbranched alkanes of at least 4 members (excludes halogenated alkanes) is 5. The van der Waals surface area contributed by atoms with Crippen molar-refractivity contribution in [2.24, 2.45) is 0 Å². The van der Waals surface area contributed by atoms with Gasteiger partial charge in [-0.15, -0.1) is 0 Å². The van der Waals surface area contributed by atoms with Crippen molar-refractivity contribution in [1.82, 2.24) is 10.3 Å². The quantitative estimate of drug-likeness (QED) is 0.360. The van der Waals surface area contributed by atoms with Crippen LogP contribution >= 0.6 is 0 Å². The van der Waals surface area contributed by atoms with Gasteiger partial charge in [0.2, 0.25) is 0 Å². The molecule has 8 heteroatoms. The maximum Gasteiger partial charge on any atom is 0.320 e. The predicted octanol–water partition coefficient (Wildman–Crippen LogP) is 3.19. The molecule has 1 atom stereocenters. The van der Waals surface area contributed by atoms with E-state index in [1.54, 1.807) is 0 Å². The Balaban J connectivity index is 1.53. The van der Waals surface area contributed by atoms with Gasteiger partial charge in [-0.1, -0.05) is 31.7 Å². The molecule has 0 saturated carbocycles. The van der Waals surface area contributed by atoms with Crippen molar-refractivity contribution < 1.29 is 18.3 Å². The number of carboxylic acid groups (broad SMARTS) is 1. The van der Waals surface area contributed by atoms with Crippen LogP contribution < -0.4 is 10.6 Å². The van der Waals surface area contributed by atoms with Crippen molar-refractivity contribution in [3.63, 3.8) is 0 Å². The maximum atomic E-state index is 11.4. The second-order valence-corrected chi connectivity index (χ2v) is 10.6. The molecule has 1 aliphatic heterocycles. The van der Waals surface area contributed by atoms with E-state index in [0.29, 0.717) is 25.8 Å². The van der Waals surface area contributed by atoms with Crippen LogP contribution in [0.15, 0.2) is 12.1 Å². The minimum absolute atomic E-state index is 0.157. The minimum Gasteiger partial charge on any atom is -0.480 e. The van der Waals surface area contributed by atoms with E-state index >= 15 is 0 Å². The number of nitrogens with one attached hydrogen (secondary N) is 2. The van der Waals surface area contributed by atoms with E-state index in [1.165, 1.54) is 18.2 Å². The molecule has 2 heterocycles. The van der Waals surface area contributed by atoms with Crippen LogP contribution in [0.2, 0.25) is 0 Å². The van der Waals surface area contributed by atoms with Crippen LogP contribution in [0, 0.1) is 0 Å². The van der Waals surface area contributed by atoms with Crippen LogP contribution in [-0.2, 0) is 27.5 Å². The van der Waals surface area contributed by atoms with Gasteiger partial charge in [0.1, 0.15) is 21.7 Å². The molecule has 0 bridgehead atoms. The SMILES string of the molecule is CS(=O)(=O)CCCCNC(CCCCCCCc1ccc2c(n1)NCCC2)C(=O)O. The van der Waals surface area contributed by atoms with Crippen LogP contribution in [0.4, 0.5) is 5.82 Å². The summed E-state index contributed by atoms with van der Waals surface area (Å²) in [5.41, 5.74) is 2.47. The first-order valence-corrected chi connectivity index (χ1v) is 13.3. The van der Waals surface area contributed by atoms with Gasteiger partial charge >= 0.3 is 5.97 Å². The first-order valence-electron chi connectivity index (χ1n) is 11.2. The highest BCUT2D eigenvalue weighted by molar-refractivity contribution is 7.90. The lowest BCUT2D eigenvalue weighted by Gasteiger charge is -2.17. The second kappa shape index (κ2) is 12.9. The first kappa shape index (κ1) is 24.6. The third-order valence-corrected chi connectivity index (χ3v) is 6.54. The standard InChI is InChI=1S/C22H37N3O4S/c1-30(28,29)17-8-7-15-23-20(22(26)27)12-6-4-2-3-5-11-19-14-13-18-10-9-16-24-21(18)25-19/h13-14,20,23H,2-12,15-17H2,1H3,(H,24,25)(H,26,27). The Labute approximate surface area is 181 Å². The normalized spacial score (nSPS) is 14.7. The number of aryl methyl sites for hydroxylation is 2. The predicted molar refractivity (Wildman–Crippen MR) is 121 cm³/mol. The average Bonchev–Trinajstić information content (AvgIpc) is 2.70. The Morgan fingerprint density at radius 3 is 2.70 bits per heavy atom. The summed E-state index contributed by atoms with van der Waals surface area (Å²) in [6.07, 6.45) is 11.6. The fraction of sp³-hybridized carbons (Fsp3) is 0.727. The number of hydrogen-bond donors (Lipinski definition) is 3. The molecule has 30 heavy (non-hydrogen) atoms. The Morgan fingerprint density at radius 2 is 1.93 bits per heavy atom. The van der Waals surface area contributed by atoms with Gasteiger partial charge in [0.15, 0.2) is 0 Å². The summed E-state index contributed by atoms with van der Waals surface area (Å²) < 4.78 is 22.2. The largest absolute Gasteiger partial charge is 0.480 e. The number of anilines is 1. The van der Waals surface area contributed by atoms with Gasteiger partial charge in [0.25, 0.3) is 0 Å². The Bertz CT molecular complexity index is 768. The zero-order valence-electron chi connectivity index (χ0n) is 18.2. The number of fused-ring (bicyclic) bond motifs is 1. The van der Waals surface area contributed by atoms with E-state index < -0.39 is 21.8 Å². The molecule has 7 nitrogen and oxygen atoms in total. The molecule has 170 valence electrons. The highest BCUT2D eigenvalue weighted by Gasteiger charge is 2.16. The summed E-state index contributed by atoms with van der Waals surface area (Å²) in [5, 5.41) is 15.8. The van der Waals surface area contributed by atoms with Crippen LogP contribution in [-0.4, -0.2) is 55.6 Å². The molecule has 0 aromatic carbocycles. The van der Waals surface area contributed by atoms with Crippen LogP contribution in [0.3, 0.4) is 0 Å². The summed E-state index contributed by atoms with van der Waals surface area (Å²) in [5.74, 6) is 0.386. The highest BCUT2D eigenvalue weighted by Crippen LogP contribution is 2.20. The number of nitrogens with zero attached hydrogens (tertiary/aromatic N) is 1. The first-order chi connectivity index (χ1) is 14.3. The number of aliphatic carboxylic acids is 1. The molecular weight excluding hydrogens is 402 g/mol. The average molecular weight is 440 g/mol. The number of carboxylic acids is 1. The molecule has 0 saturated heterocycles. The molecule has 0 fully saturated rings. The topological polar surface area (TPSA) is 108 Å². The summed E-state index contributed by atoms with van der Waals surface area (Å²) in [6, 6.07) is 3.80. The summed E-state index contributed by atoms with van der Waals surface area (Å²) in [7, 11) is -2.94. The van der Waals surface area contributed by atoms with Gasteiger partial charge in [-0.2, -0.15) is 0 Å². The van der Waals surface area contributed by atoms with Crippen LogP contribution in [0.5, 0.6) is 0 Å². The molecular formula is C22H37N3O4S. The van der Waals surface area contributed by atoms with Crippen LogP contribution in [0.25, 0.3) is 0 Å². The lowest BCUT2D eigenvalue weighted by atomic mass is 10.0. The number of sulfone groups is 1. The molecule has 0 spiro atoms. The lowest BCUT2D eigenvalue weighted by molar-refractivity contribution is -0.139. The molecule has 1 aromatic heterocycles. The summed E-state index contributed by atoms with van der Waals surface area (Å²) in [6.45, 7) is 1.55. The van der Waals surface area contributed by atoms with Crippen molar-refractivity contribution in [3.8, 4) is 0 Å². The number of rotatable bonds is 15. The maximum absolute atomic E-state index is 11.4. The molecule has 1 unspecified atom stereocenters. The zero-order valence-corrected chi connectivity index (χ0v) is 19.0. The molecule has 0 aliphatic carbocycles. The number of aromatic nitrogens is 1. The van der Waals surface area contributed by atoms with Crippen molar-refractivity contribution >= 4 is 21.6 Å². The van der Waals surface area contributed by atoms with Crippen molar-refractivity contribution in [2.45, 2.75) is 76.7 Å². The number of pyridine rings is 1. The van der Waals surface area contributed by atoms with E-state index in [9.17, 15) is 18.3 Å². The summed E-state index contributed by atoms with van der Waals surface area (Å²) >= 11 is 0. The molecule has 0 amide bonds. The number of carbonyl (C=O) groups is 1. The monoisotopic (exact) mass is 439 g/mol. The van der Waals surface area contributed by atoms with Gasteiger partial charge in [-0.3, -0.25) is 4.79 Å². The molecule has 3 N–H and O–H groups in total. The summed E-state index contributed by atoms with van der Waals surface area (Å²) in [4.78, 5) is 16.1. The van der Waals surface area contributed by atoms with Gasteiger partial charge in [-0.25, -0.2) is 13.4 Å². The second-order valence-electron chi connectivity index (χ2n) is 8.33. The molecule has 2 rings (SSSR count). The Kier molecular flexibility index (Phi) is 10.6. The fourth-order valence-electron chi connectivity index (χ4n) is 3.77. The fourth-order valence-corrected chi connectivity index (χ4v) is 4.50. The third kappa shape index (κ3) is 9.89. The van der Waals surface area contributed by atoms with E-state index in [1.807, 2.05) is 0 Å². The molecule has 1 aromatic rings. The van der Waals surface area contributed by atoms with Crippen molar-refractivity contribution in [2.75, 3.05) is 30.4 Å². The van der Waals surface area contributed by atoms with Gasteiger partial charge < -0.3 is 15.7 Å². The van der Waals surface area contributed by atoms with E-state index in [2.05, 4.69) is 22.8 Å². The Hall–Kier alpha value is -1.67. The van der Waals surface area contributed by atoms with Crippen LogP contribution in [0.1, 0.15) is 69.0 Å². The minimum atomic E-state index is -2.94. The van der Waals surface area contributed by atoms with Gasteiger partial charge in [-0.05, 0) is 63.1 Å². The van der Waals surface area contributed by atoms with E-state index in [-0.39, 0.29) is 5.75 Å². The molecule has 1 aliphatic rings. The van der Waals surface area contributed by atoms with Crippen molar-refractivity contribution in [1.29, 1.82) is 0 Å². The highest BCUT2D eigenvalue weighted by atomic mass is 32.2. The molecule has 0 radical (unpaired) electrons. The zero-order chi connectivity index (χ0) is 21.8. The van der Waals surface area contributed by atoms with E-state index in [0.717, 1.165) is 63.0 Å². The Morgan fingerprint density at radius 1 is 1.17 bits per heavy atom. The van der Waals surface area contributed by atoms with E-state index in [4.69, 9.17) is 4.98 Å². The number of hydrogen-bond acceptors (Lipinski definition) is 6.